The first-order valence-corrected chi connectivity index (χ1v) is 3.63. The van der Waals surface area contributed by atoms with Gasteiger partial charge in [-0.25, -0.2) is 9.97 Å². The summed E-state index contributed by atoms with van der Waals surface area (Å²) >= 11 is 5.52. The van der Waals surface area contributed by atoms with Crippen LogP contribution in [0.2, 0.25) is 0 Å². The van der Waals surface area contributed by atoms with Gasteiger partial charge in [0.1, 0.15) is 12.2 Å². The third-order valence-electron chi connectivity index (χ3n) is 1.27. The van der Waals surface area contributed by atoms with Gasteiger partial charge in [-0.3, -0.25) is 0 Å². The predicted octanol–water partition coefficient (Wildman–Crippen LogP) is 1.32. The Hall–Kier alpha value is -1.14. The van der Waals surface area contributed by atoms with E-state index in [1.807, 2.05) is 6.07 Å². The van der Waals surface area contributed by atoms with Crippen LogP contribution in [-0.4, -0.2) is 15.8 Å². The molecule has 4 heteroatoms. The molecule has 0 N–H and O–H groups in total. The zero-order chi connectivity index (χ0) is 8.10. The maximum Gasteiger partial charge on any atom is 0.115 e. The van der Waals surface area contributed by atoms with Crippen LogP contribution >= 0.6 is 11.6 Å². The monoisotopic (exact) mass is 167 g/mol. The molecule has 3 nitrogen and oxygen atoms in total. The summed E-state index contributed by atoms with van der Waals surface area (Å²) in [5.74, 6) is -0.0484. The Balaban J connectivity index is 2.85. The standard InChI is InChI=1S/C7H6ClN3/c8-3-6(4-9)7-1-2-10-5-11-7/h1-2,5-6H,3H2. The lowest BCUT2D eigenvalue weighted by molar-refractivity contribution is 0.909. The minimum atomic E-state index is -0.320. The summed E-state index contributed by atoms with van der Waals surface area (Å²) in [5, 5.41) is 8.58. The minimum absolute atomic E-state index is 0.271. The minimum Gasteiger partial charge on any atom is -0.245 e. The van der Waals surface area contributed by atoms with Gasteiger partial charge in [0.25, 0.3) is 0 Å². The van der Waals surface area contributed by atoms with Crippen LogP contribution < -0.4 is 0 Å². The molecule has 56 valence electrons. The van der Waals surface area contributed by atoms with Crippen molar-refractivity contribution in [2.45, 2.75) is 5.92 Å². The number of aromatic nitrogens is 2. The first-order valence-electron chi connectivity index (χ1n) is 3.10. The number of rotatable bonds is 2. The van der Waals surface area contributed by atoms with Crippen LogP contribution in [0.1, 0.15) is 11.6 Å². The largest absolute Gasteiger partial charge is 0.245 e. The molecule has 0 fully saturated rings. The van der Waals surface area contributed by atoms with E-state index in [4.69, 9.17) is 16.9 Å². The van der Waals surface area contributed by atoms with Crippen LogP contribution in [0, 0.1) is 11.3 Å². The molecule has 0 aliphatic carbocycles. The number of hydrogen-bond donors (Lipinski definition) is 0. The molecule has 0 radical (unpaired) electrons. The van der Waals surface area contributed by atoms with Gasteiger partial charge in [-0.2, -0.15) is 5.26 Å². The number of hydrogen-bond acceptors (Lipinski definition) is 3. The van der Waals surface area contributed by atoms with Crippen molar-refractivity contribution in [2.24, 2.45) is 0 Å². The SMILES string of the molecule is N#CC(CCl)c1ccncn1. The normalized spacial score (nSPS) is 12.0. The molecule has 1 atom stereocenters. The van der Waals surface area contributed by atoms with Crippen LogP contribution in [0.3, 0.4) is 0 Å². The quantitative estimate of drug-likeness (QED) is 0.625. The average Bonchev–Trinajstić information content (AvgIpc) is 2.09. The highest BCUT2D eigenvalue weighted by atomic mass is 35.5. The Bertz CT molecular complexity index is 254. The summed E-state index contributed by atoms with van der Waals surface area (Å²) in [6, 6.07) is 3.74. The number of halogens is 1. The molecular weight excluding hydrogens is 162 g/mol. The van der Waals surface area contributed by atoms with E-state index in [1.165, 1.54) is 6.33 Å². The second-order valence-electron chi connectivity index (χ2n) is 1.97. The van der Waals surface area contributed by atoms with Gasteiger partial charge >= 0.3 is 0 Å². The summed E-state index contributed by atoms with van der Waals surface area (Å²) in [5.41, 5.74) is 0.678. The zero-order valence-electron chi connectivity index (χ0n) is 5.74. The van der Waals surface area contributed by atoms with Crippen molar-refractivity contribution in [3.05, 3.63) is 24.3 Å². The van der Waals surface area contributed by atoms with Crippen molar-refractivity contribution in [3.8, 4) is 6.07 Å². The van der Waals surface area contributed by atoms with Crippen molar-refractivity contribution < 1.29 is 0 Å². The fraction of sp³-hybridized carbons (Fsp3) is 0.286. The molecule has 0 aromatic carbocycles. The summed E-state index contributed by atoms with van der Waals surface area (Å²) in [6.45, 7) is 0. The lowest BCUT2D eigenvalue weighted by Crippen LogP contribution is -1.99. The Morgan fingerprint density at radius 2 is 2.55 bits per heavy atom. The third-order valence-corrected chi connectivity index (χ3v) is 1.58. The van der Waals surface area contributed by atoms with Gasteiger partial charge in [0, 0.05) is 12.1 Å². The summed E-state index contributed by atoms with van der Waals surface area (Å²) < 4.78 is 0. The molecule has 0 bridgehead atoms. The molecule has 0 aliphatic rings. The van der Waals surface area contributed by atoms with E-state index in [-0.39, 0.29) is 11.8 Å². The van der Waals surface area contributed by atoms with Crippen molar-refractivity contribution >= 4 is 11.6 Å². The predicted molar refractivity (Wildman–Crippen MR) is 41.1 cm³/mol. The second-order valence-corrected chi connectivity index (χ2v) is 2.28. The summed E-state index contributed by atoms with van der Waals surface area (Å²) in [6.07, 6.45) is 3.01. The molecule has 1 aromatic rings. The van der Waals surface area contributed by atoms with Crippen LogP contribution in [-0.2, 0) is 0 Å². The molecule has 0 saturated carbocycles. The lowest BCUT2D eigenvalue weighted by Gasteiger charge is -2.00. The van der Waals surface area contributed by atoms with E-state index in [9.17, 15) is 0 Å². The van der Waals surface area contributed by atoms with Crippen molar-refractivity contribution in [2.75, 3.05) is 5.88 Å². The molecular formula is C7H6ClN3. The van der Waals surface area contributed by atoms with E-state index in [0.29, 0.717) is 5.69 Å². The van der Waals surface area contributed by atoms with Crippen LogP contribution in [0.4, 0.5) is 0 Å². The van der Waals surface area contributed by atoms with Gasteiger partial charge in [0.05, 0.1) is 11.8 Å². The zero-order valence-corrected chi connectivity index (χ0v) is 6.49. The third kappa shape index (κ3) is 1.89. The first kappa shape index (κ1) is 7.96. The summed E-state index contributed by atoms with van der Waals surface area (Å²) in [7, 11) is 0. The van der Waals surface area contributed by atoms with Gasteiger partial charge < -0.3 is 0 Å². The van der Waals surface area contributed by atoms with E-state index >= 15 is 0 Å². The van der Waals surface area contributed by atoms with Gasteiger partial charge in [0.15, 0.2) is 0 Å². The smallest absolute Gasteiger partial charge is 0.115 e. The van der Waals surface area contributed by atoms with Gasteiger partial charge in [-0.1, -0.05) is 0 Å². The molecule has 1 rings (SSSR count). The first-order chi connectivity index (χ1) is 5.38. The van der Waals surface area contributed by atoms with Crippen molar-refractivity contribution in [1.29, 1.82) is 5.26 Å². The van der Waals surface area contributed by atoms with Gasteiger partial charge in [0.2, 0.25) is 0 Å². The Morgan fingerprint density at radius 3 is 3.00 bits per heavy atom. The molecule has 1 aromatic heterocycles. The fourth-order valence-electron chi connectivity index (χ4n) is 0.687. The lowest BCUT2D eigenvalue weighted by atomic mass is 10.1. The van der Waals surface area contributed by atoms with E-state index in [0.717, 1.165) is 0 Å². The number of alkyl halides is 1. The highest BCUT2D eigenvalue weighted by molar-refractivity contribution is 6.18. The van der Waals surface area contributed by atoms with Crippen LogP contribution in [0.25, 0.3) is 0 Å². The topological polar surface area (TPSA) is 49.6 Å². The van der Waals surface area contributed by atoms with Crippen molar-refractivity contribution in [1.82, 2.24) is 9.97 Å². The van der Waals surface area contributed by atoms with E-state index < -0.39 is 0 Å². The van der Waals surface area contributed by atoms with Crippen LogP contribution in [0.15, 0.2) is 18.6 Å². The molecule has 0 spiro atoms. The van der Waals surface area contributed by atoms with Gasteiger partial charge in [-0.05, 0) is 6.07 Å². The second kappa shape index (κ2) is 3.89. The van der Waals surface area contributed by atoms with Crippen LogP contribution in [0.5, 0.6) is 0 Å². The Morgan fingerprint density at radius 1 is 1.73 bits per heavy atom. The molecule has 1 heterocycles. The van der Waals surface area contributed by atoms with E-state index in [1.54, 1.807) is 12.3 Å². The summed E-state index contributed by atoms with van der Waals surface area (Å²) in [4.78, 5) is 7.64. The molecule has 11 heavy (non-hydrogen) atoms. The number of nitriles is 1. The number of nitrogens with zero attached hydrogens (tertiary/aromatic N) is 3. The van der Waals surface area contributed by atoms with E-state index in [2.05, 4.69) is 9.97 Å². The fourth-order valence-corrected chi connectivity index (χ4v) is 0.914. The van der Waals surface area contributed by atoms with Crippen molar-refractivity contribution in [3.63, 3.8) is 0 Å². The van der Waals surface area contributed by atoms with Gasteiger partial charge in [-0.15, -0.1) is 11.6 Å². The molecule has 0 saturated heterocycles. The highest BCUT2D eigenvalue weighted by Gasteiger charge is 2.08. The molecule has 1 unspecified atom stereocenters. The maximum absolute atomic E-state index is 8.58. The highest BCUT2D eigenvalue weighted by Crippen LogP contribution is 2.11. The Labute approximate surface area is 69.7 Å². The Kier molecular flexibility index (Phi) is 2.82. The molecule has 0 aliphatic heterocycles. The maximum atomic E-state index is 8.58. The molecule has 0 amide bonds. The average molecular weight is 168 g/mol.